The highest BCUT2D eigenvalue weighted by molar-refractivity contribution is 7.88. The van der Waals surface area contributed by atoms with E-state index in [1.807, 2.05) is 27.2 Å². The van der Waals surface area contributed by atoms with Gasteiger partial charge in [-0.05, 0) is 45.5 Å². The van der Waals surface area contributed by atoms with Crippen LogP contribution in [0.2, 0.25) is 5.02 Å². The van der Waals surface area contributed by atoms with Crippen LogP contribution in [0.3, 0.4) is 0 Å². The van der Waals surface area contributed by atoms with Crippen molar-refractivity contribution >= 4 is 44.6 Å². The average Bonchev–Trinajstić information content (AvgIpc) is 3.15. The van der Waals surface area contributed by atoms with Crippen molar-refractivity contribution in [2.24, 2.45) is 0 Å². The molecule has 2 aromatic rings. The normalized spacial score (nSPS) is 17.1. The van der Waals surface area contributed by atoms with Gasteiger partial charge in [-0.1, -0.05) is 18.2 Å². The Morgan fingerprint density at radius 1 is 1.25 bits per heavy atom. The van der Waals surface area contributed by atoms with Gasteiger partial charge in [0.1, 0.15) is 23.1 Å². The van der Waals surface area contributed by atoms with Crippen molar-refractivity contribution in [1.29, 1.82) is 0 Å². The fourth-order valence-corrected chi connectivity index (χ4v) is 5.25. The Bertz CT molecular complexity index is 1260. The Morgan fingerprint density at radius 2 is 2.00 bits per heavy atom. The van der Waals surface area contributed by atoms with Crippen LogP contribution >= 0.6 is 11.6 Å². The molecule has 0 aliphatic carbocycles. The second-order valence-corrected chi connectivity index (χ2v) is 12.3. The number of likely N-dealkylation sites (N-methyl/N-ethyl adjacent to an activating group) is 2. The molecule has 1 aromatic carbocycles. The van der Waals surface area contributed by atoms with Crippen molar-refractivity contribution in [2.75, 3.05) is 76.2 Å². The molecule has 1 aromatic heterocycles. The summed E-state index contributed by atoms with van der Waals surface area (Å²) in [4.78, 5) is 12.9. The van der Waals surface area contributed by atoms with E-state index in [0.29, 0.717) is 49.5 Å². The smallest absolute Gasteiger partial charge is 0.237 e. The van der Waals surface area contributed by atoms with Crippen LogP contribution in [0.25, 0.3) is 0 Å². The van der Waals surface area contributed by atoms with E-state index in [-0.39, 0.29) is 23.0 Å². The fourth-order valence-electron chi connectivity index (χ4n) is 4.22. The quantitative estimate of drug-likeness (QED) is 0.232. The maximum absolute atomic E-state index is 11.9. The summed E-state index contributed by atoms with van der Waals surface area (Å²) in [6, 6.07) is 3.67. The predicted molar refractivity (Wildman–Crippen MR) is 160 cm³/mol. The summed E-state index contributed by atoms with van der Waals surface area (Å²) < 4.78 is 37.1. The molecule has 2 heterocycles. The first-order valence-electron chi connectivity index (χ1n) is 13.0. The summed E-state index contributed by atoms with van der Waals surface area (Å²) in [5.74, 6) is 0.973. The second-order valence-electron chi connectivity index (χ2n) is 9.92. The van der Waals surface area contributed by atoms with Crippen LogP contribution < -0.4 is 25.0 Å². The molecule has 2 unspecified atom stereocenters. The molecule has 222 valence electrons. The Labute approximate surface area is 242 Å². The van der Waals surface area contributed by atoms with E-state index in [0.717, 1.165) is 18.8 Å². The lowest BCUT2D eigenvalue weighted by molar-refractivity contribution is 0.178. The second kappa shape index (κ2) is 14.2. The van der Waals surface area contributed by atoms with Gasteiger partial charge in [-0.2, -0.15) is 4.98 Å². The maximum atomic E-state index is 11.9. The Morgan fingerprint density at radius 3 is 2.65 bits per heavy atom. The first kappa shape index (κ1) is 31.7. The number of rotatable bonds is 13. The zero-order chi connectivity index (χ0) is 29.4. The third kappa shape index (κ3) is 8.83. The molecule has 1 aliphatic heterocycles. The molecular formula is C26H40ClN7O5S. The van der Waals surface area contributed by atoms with E-state index in [4.69, 9.17) is 21.1 Å². The molecular weight excluding hydrogens is 558 g/mol. The van der Waals surface area contributed by atoms with Gasteiger partial charge in [-0.25, -0.2) is 17.7 Å². The highest BCUT2D eigenvalue weighted by atomic mass is 35.5. The highest BCUT2D eigenvalue weighted by Crippen LogP contribution is 2.38. The van der Waals surface area contributed by atoms with Crippen molar-refractivity contribution in [1.82, 2.24) is 19.2 Å². The monoisotopic (exact) mass is 597 g/mol. The van der Waals surface area contributed by atoms with Gasteiger partial charge in [0.25, 0.3) is 0 Å². The number of halogens is 1. The third-order valence-corrected chi connectivity index (χ3v) is 8.04. The van der Waals surface area contributed by atoms with E-state index in [9.17, 15) is 13.5 Å². The van der Waals surface area contributed by atoms with E-state index < -0.39 is 16.3 Å². The molecule has 1 aliphatic rings. The van der Waals surface area contributed by atoms with Crippen LogP contribution in [0.5, 0.6) is 11.6 Å². The molecule has 0 spiro atoms. The molecule has 1 saturated heterocycles. The molecule has 0 saturated carbocycles. The minimum absolute atomic E-state index is 0.205. The zero-order valence-electron chi connectivity index (χ0n) is 23.7. The van der Waals surface area contributed by atoms with Gasteiger partial charge in [0, 0.05) is 39.3 Å². The molecule has 0 bridgehead atoms. The number of nitrogens with zero attached hydrogens (tertiary/aromatic N) is 5. The lowest BCUT2D eigenvalue weighted by Gasteiger charge is -2.27. The summed E-state index contributed by atoms with van der Waals surface area (Å²) in [7, 11) is 4.29. The standard InChI is InChI=1S/C26H40ClN7O5S/c1-7-24(35)29-20-15-21(23(38-5)16-22(20)33(4)14-13-32(2)3)30-26-28-17-19(27)25(31-26)39-18-9-8-11-34(12-10-18)40(6,36)37/h7,15-18,24,29,35H,1,8-14H2,2-6H3,(H,28,30,31). The van der Waals surface area contributed by atoms with Gasteiger partial charge in [-0.3, -0.25) is 0 Å². The van der Waals surface area contributed by atoms with E-state index in [1.54, 1.807) is 13.2 Å². The first-order valence-corrected chi connectivity index (χ1v) is 15.2. The Hall–Kier alpha value is -2.84. The van der Waals surface area contributed by atoms with Crippen LogP contribution in [0, 0.1) is 0 Å². The van der Waals surface area contributed by atoms with E-state index in [2.05, 4.69) is 37.0 Å². The van der Waals surface area contributed by atoms with E-state index in [1.165, 1.54) is 22.8 Å². The van der Waals surface area contributed by atoms with Crippen LogP contribution in [0.4, 0.5) is 23.0 Å². The van der Waals surface area contributed by atoms with Gasteiger partial charge in [0.2, 0.25) is 21.9 Å². The Kier molecular flexibility index (Phi) is 11.2. The summed E-state index contributed by atoms with van der Waals surface area (Å²) >= 11 is 6.36. The number of aromatic nitrogens is 2. The Balaban J connectivity index is 1.85. The van der Waals surface area contributed by atoms with Crippen LogP contribution in [-0.4, -0.2) is 106 Å². The highest BCUT2D eigenvalue weighted by Gasteiger charge is 2.25. The third-order valence-electron chi connectivity index (χ3n) is 6.48. The maximum Gasteiger partial charge on any atom is 0.237 e. The van der Waals surface area contributed by atoms with Crippen LogP contribution in [0.1, 0.15) is 19.3 Å². The van der Waals surface area contributed by atoms with Crippen LogP contribution in [-0.2, 0) is 10.0 Å². The van der Waals surface area contributed by atoms with Crippen LogP contribution in [0.15, 0.2) is 31.0 Å². The van der Waals surface area contributed by atoms with Crippen molar-refractivity contribution in [3.8, 4) is 11.6 Å². The van der Waals surface area contributed by atoms with Gasteiger partial charge in [0.15, 0.2) is 0 Å². The number of anilines is 4. The number of aliphatic hydroxyl groups excluding tert-OH is 1. The number of benzene rings is 1. The number of hydrogen-bond acceptors (Lipinski definition) is 11. The topological polar surface area (TPSA) is 132 Å². The van der Waals surface area contributed by atoms with Crippen molar-refractivity contribution in [3.05, 3.63) is 36.0 Å². The van der Waals surface area contributed by atoms with Gasteiger partial charge in [-0.15, -0.1) is 0 Å². The zero-order valence-corrected chi connectivity index (χ0v) is 25.3. The number of sulfonamides is 1. The molecule has 3 rings (SSSR count). The molecule has 12 nitrogen and oxygen atoms in total. The van der Waals surface area contributed by atoms with Crippen molar-refractivity contribution in [3.63, 3.8) is 0 Å². The number of hydrogen-bond donors (Lipinski definition) is 3. The summed E-state index contributed by atoms with van der Waals surface area (Å²) in [5, 5.41) is 16.7. The first-order chi connectivity index (χ1) is 18.9. The summed E-state index contributed by atoms with van der Waals surface area (Å²) in [6.07, 6.45) is 4.72. The SMILES string of the molecule is C=CC(O)Nc1cc(Nc2ncc(Cl)c(OC3CCCN(S(C)(=O)=O)CC3)n2)c(OC)cc1N(C)CCN(C)C. The number of methoxy groups -OCH3 is 1. The molecule has 14 heteroatoms. The molecule has 0 radical (unpaired) electrons. The summed E-state index contributed by atoms with van der Waals surface area (Å²) in [5.41, 5.74) is 2.02. The van der Waals surface area contributed by atoms with Crippen molar-refractivity contribution < 1.29 is 23.0 Å². The predicted octanol–water partition coefficient (Wildman–Crippen LogP) is 2.99. The van der Waals surface area contributed by atoms with Gasteiger partial charge < -0.3 is 35.0 Å². The number of aliphatic hydroxyl groups is 1. The minimum atomic E-state index is -3.26. The molecule has 3 N–H and O–H groups in total. The van der Waals surface area contributed by atoms with Gasteiger partial charge >= 0.3 is 0 Å². The summed E-state index contributed by atoms with van der Waals surface area (Å²) in [6.45, 7) is 6.05. The fraction of sp³-hybridized carbons (Fsp3) is 0.538. The molecule has 1 fully saturated rings. The largest absolute Gasteiger partial charge is 0.494 e. The molecule has 2 atom stereocenters. The van der Waals surface area contributed by atoms with Gasteiger partial charge in [0.05, 0.1) is 36.6 Å². The molecule has 0 amide bonds. The van der Waals surface area contributed by atoms with Crippen molar-refractivity contribution in [2.45, 2.75) is 31.6 Å². The minimum Gasteiger partial charge on any atom is -0.494 e. The number of nitrogens with one attached hydrogen (secondary N) is 2. The van der Waals surface area contributed by atoms with E-state index >= 15 is 0 Å². The lowest BCUT2D eigenvalue weighted by Crippen LogP contribution is -2.31. The average molecular weight is 598 g/mol. The molecule has 40 heavy (non-hydrogen) atoms. The number of ether oxygens (including phenoxy) is 2. The lowest BCUT2D eigenvalue weighted by atomic mass is 10.2.